The van der Waals surface area contributed by atoms with Crippen LogP contribution in [0.25, 0.3) is 0 Å². The molecule has 0 aliphatic carbocycles. The molecule has 0 radical (unpaired) electrons. The Hall–Kier alpha value is -1.29. The van der Waals surface area contributed by atoms with Gasteiger partial charge in [0.25, 0.3) is 0 Å². The number of nitrogens with two attached hydrogens (primary N) is 1. The third kappa shape index (κ3) is 4.39. The second-order valence-electron chi connectivity index (χ2n) is 5.19. The molecule has 1 aromatic rings. The van der Waals surface area contributed by atoms with Crippen LogP contribution >= 0.6 is 12.2 Å². The van der Waals surface area contributed by atoms with Crippen molar-refractivity contribution in [2.24, 2.45) is 11.1 Å². The molecule has 0 spiro atoms. The monoisotopic (exact) mass is 281 g/mol. The Labute approximate surface area is 121 Å². The van der Waals surface area contributed by atoms with E-state index >= 15 is 0 Å². The molecule has 4 heteroatoms. The summed E-state index contributed by atoms with van der Waals surface area (Å²) in [6.07, 6.45) is 1.76. The van der Waals surface area contributed by atoms with Gasteiger partial charge in [-0.15, -0.1) is 0 Å². The van der Waals surface area contributed by atoms with E-state index in [2.05, 4.69) is 13.0 Å². The van der Waals surface area contributed by atoms with E-state index in [1.807, 2.05) is 26.0 Å². The Kier molecular flexibility index (Phi) is 5.60. The first-order valence-electron chi connectivity index (χ1n) is 6.50. The maximum Gasteiger partial charge on any atom is 0.161 e. The van der Waals surface area contributed by atoms with Gasteiger partial charge in [0.05, 0.1) is 18.7 Å². The standard InChI is InChI=1S/C15H23NO2S/c1-5-11-6-7-12(13(10-11)17-4)18-9-8-15(2,3)14(16)19/h6-7,10H,5,8-9H2,1-4H3,(H2,16,19). The Morgan fingerprint density at radius 3 is 2.53 bits per heavy atom. The fraction of sp³-hybridized carbons (Fsp3) is 0.533. The van der Waals surface area contributed by atoms with Gasteiger partial charge in [-0.25, -0.2) is 0 Å². The molecule has 1 aromatic carbocycles. The third-order valence-corrected chi connectivity index (χ3v) is 3.84. The number of benzene rings is 1. The van der Waals surface area contributed by atoms with E-state index in [0.29, 0.717) is 11.6 Å². The van der Waals surface area contributed by atoms with E-state index in [1.54, 1.807) is 7.11 Å². The van der Waals surface area contributed by atoms with E-state index in [9.17, 15) is 0 Å². The first kappa shape index (κ1) is 15.8. The molecule has 0 fully saturated rings. The van der Waals surface area contributed by atoms with Crippen LogP contribution in [0, 0.1) is 5.41 Å². The molecule has 0 amide bonds. The van der Waals surface area contributed by atoms with E-state index < -0.39 is 0 Å². The topological polar surface area (TPSA) is 44.5 Å². The number of ether oxygens (including phenoxy) is 2. The molecule has 0 heterocycles. The summed E-state index contributed by atoms with van der Waals surface area (Å²) >= 11 is 5.04. The first-order valence-corrected chi connectivity index (χ1v) is 6.91. The third-order valence-electron chi connectivity index (χ3n) is 3.29. The van der Waals surface area contributed by atoms with Crippen molar-refractivity contribution in [1.29, 1.82) is 0 Å². The summed E-state index contributed by atoms with van der Waals surface area (Å²) in [7, 11) is 1.65. The molecular formula is C15H23NO2S. The molecule has 1 rings (SSSR count). The van der Waals surface area contributed by atoms with Crippen LogP contribution in [0.15, 0.2) is 18.2 Å². The van der Waals surface area contributed by atoms with Gasteiger partial charge in [0, 0.05) is 5.41 Å². The first-order chi connectivity index (χ1) is 8.90. The highest BCUT2D eigenvalue weighted by Crippen LogP contribution is 2.29. The molecule has 0 aliphatic heterocycles. The summed E-state index contributed by atoms with van der Waals surface area (Å²) < 4.78 is 11.1. The molecule has 0 bridgehead atoms. The minimum atomic E-state index is -0.189. The minimum Gasteiger partial charge on any atom is -0.493 e. The van der Waals surface area contributed by atoms with Gasteiger partial charge in [0.15, 0.2) is 11.5 Å². The predicted molar refractivity (Wildman–Crippen MR) is 83.1 cm³/mol. The number of rotatable bonds is 7. The summed E-state index contributed by atoms with van der Waals surface area (Å²) in [6, 6.07) is 6.01. The molecule has 0 atom stereocenters. The highest BCUT2D eigenvalue weighted by Gasteiger charge is 2.21. The fourth-order valence-corrected chi connectivity index (χ4v) is 1.69. The highest BCUT2D eigenvalue weighted by molar-refractivity contribution is 7.80. The van der Waals surface area contributed by atoms with Gasteiger partial charge < -0.3 is 15.2 Å². The van der Waals surface area contributed by atoms with Crippen LogP contribution in [0.4, 0.5) is 0 Å². The van der Waals surface area contributed by atoms with E-state index in [-0.39, 0.29) is 5.41 Å². The van der Waals surface area contributed by atoms with Gasteiger partial charge in [-0.05, 0) is 30.5 Å². The van der Waals surface area contributed by atoms with Crippen LogP contribution in [0.5, 0.6) is 11.5 Å². The van der Waals surface area contributed by atoms with Crippen molar-refractivity contribution in [2.75, 3.05) is 13.7 Å². The van der Waals surface area contributed by atoms with Crippen molar-refractivity contribution in [3.63, 3.8) is 0 Å². The Morgan fingerprint density at radius 2 is 2.00 bits per heavy atom. The molecule has 106 valence electrons. The SMILES string of the molecule is CCc1ccc(OCCC(C)(C)C(N)=S)c(OC)c1. The maximum atomic E-state index is 5.77. The Bertz CT molecular complexity index is 444. The zero-order valence-electron chi connectivity index (χ0n) is 12.2. The zero-order valence-corrected chi connectivity index (χ0v) is 13.0. The second kappa shape index (κ2) is 6.75. The summed E-state index contributed by atoms with van der Waals surface area (Å²) in [5, 5.41) is 0. The van der Waals surface area contributed by atoms with Crippen molar-refractivity contribution in [3.05, 3.63) is 23.8 Å². The lowest BCUT2D eigenvalue weighted by atomic mass is 9.90. The molecule has 2 N–H and O–H groups in total. The number of methoxy groups -OCH3 is 1. The van der Waals surface area contributed by atoms with E-state index in [1.165, 1.54) is 5.56 Å². The average molecular weight is 281 g/mol. The smallest absolute Gasteiger partial charge is 0.161 e. The summed E-state index contributed by atoms with van der Waals surface area (Å²) in [5.41, 5.74) is 6.74. The lowest BCUT2D eigenvalue weighted by Crippen LogP contribution is -2.31. The van der Waals surface area contributed by atoms with Crippen LogP contribution in [0.1, 0.15) is 32.8 Å². The molecule has 0 saturated carbocycles. The number of aryl methyl sites for hydroxylation is 1. The Balaban J connectivity index is 2.65. The molecular weight excluding hydrogens is 258 g/mol. The molecule has 19 heavy (non-hydrogen) atoms. The number of thiocarbonyl (C=S) groups is 1. The zero-order chi connectivity index (χ0) is 14.5. The van der Waals surface area contributed by atoms with E-state index in [4.69, 9.17) is 27.4 Å². The van der Waals surface area contributed by atoms with Crippen molar-refractivity contribution >= 4 is 17.2 Å². The van der Waals surface area contributed by atoms with E-state index in [0.717, 1.165) is 24.3 Å². The maximum absolute atomic E-state index is 5.77. The molecule has 0 aromatic heterocycles. The van der Waals surface area contributed by atoms with Crippen LogP contribution in [-0.2, 0) is 6.42 Å². The number of hydrogen-bond acceptors (Lipinski definition) is 3. The van der Waals surface area contributed by atoms with Crippen molar-refractivity contribution in [2.45, 2.75) is 33.6 Å². The average Bonchev–Trinajstić information content (AvgIpc) is 2.38. The lowest BCUT2D eigenvalue weighted by molar-refractivity contribution is 0.257. The van der Waals surface area contributed by atoms with Crippen LogP contribution < -0.4 is 15.2 Å². The Morgan fingerprint density at radius 1 is 1.32 bits per heavy atom. The lowest BCUT2D eigenvalue weighted by Gasteiger charge is -2.23. The summed E-state index contributed by atoms with van der Waals surface area (Å²) in [5.74, 6) is 1.53. The van der Waals surface area contributed by atoms with Crippen LogP contribution in [0.2, 0.25) is 0 Å². The van der Waals surface area contributed by atoms with Gasteiger partial charge in [0.2, 0.25) is 0 Å². The van der Waals surface area contributed by atoms with Gasteiger partial charge in [-0.3, -0.25) is 0 Å². The van der Waals surface area contributed by atoms with Crippen molar-refractivity contribution < 1.29 is 9.47 Å². The van der Waals surface area contributed by atoms with Gasteiger partial charge >= 0.3 is 0 Å². The molecule has 0 saturated heterocycles. The predicted octanol–water partition coefficient (Wildman–Crippen LogP) is 3.34. The fourth-order valence-electron chi connectivity index (χ4n) is 1.59. The molecule has 0 unspecified atom stereocenters. The number of hydrogen-bond donors (Lipinski definition) is 1. The van der Waals surface area contributed by atoms with Crippen molar-refractivity contribution in [1.82, 2.24) is 0 Å². The summed E-state index contributed by atoms with van der Waals surface area (Å²) in [6.45, 7) is 6.72. The normalized spacial score (nSPS) is 11.2. The molecule has 3 nitrogen and oxygen atoms in total. The van der Waals surface area contributed by atoms with Gasteiger partial charge in [0.1, 0.15) is 0 Å². The molecule has 0 aliphatic rings. The quantitative estimate of drug-likeness (QED) is 0.779. The van der Waals surface area contributed by atoms with Crippen LogP contribution in [0.3, 0.4) is 0 Å². The van der Waals surface area contributed by atoms with Crippen LogP contribution in [-0.4, -0.2) is 18.7 Å². The largest absolute Gasteiger partial charge is 0.493 e. The second-order valence-corrected chi connectivity index (χ2v) is 5.63. The summed E-state index contributed by atoms with van der Waals surface area (Å²) in [4.78, 5) is 0.518. The minimum absolute atomic E-state index is 0.189. The van der Waals surface area contributed by atoms with Gasteiger partial charge in [-0.1, -0.05) is 39.1 Å². The van der Waals surface area contributed by atoms with Gasteiger partial charge in [-0.2, -0.15) is 0 Å². The highest BCUT2D eigenvalue weighted by atomic mass is 32.1. The van der Waals surface area contributed by atoms with Crippen molar-refractivity contribution in [3.8, 4) is 11.5 Å².